The van der Waals surface area contributed by atoms with Crippen LogP contribution >= 0.6 is 15.9 Å². The molecule has 0 aromatic heterocycles. The molecule has 0 heterocycles. The highest BCUT2D eigenvalue weighted by Crippen LogP contribution is 2.24. The second-order valence-electron chi connectivity index (χ2n) is 6.16. The van der Waals surface area contributed by atoms with Crippen molar-refractivity contribution in [2.45, 2.75) is 25.7 Å². The van der Waals surface area contributed by atoms with E-state index in [0.29, 0.717) is 13.0 Å². The molecule has 23 heavy (non-hydrogen) atoms. The summed E-state index contributed by atoms with van der Waals surface area (Å²) in [6.45, 7) is 4.82. The quantitative estimate of drug-likeness (QED) is 0.825. The molecule has 0 saturated heterocycles. The minimum absolute atomic E-state index is 0.0264. The number of hydrogen-bond donors (Lipinski definition) is 1. The first-order valence-corrected chi connectivity index (χ1v) is 8.36. The van der Waals surface area contributed by atoms with Crippen LogP contribution < -0.4 is 10.1 Å². The van der Waals surface area contributed by atoms with E-state index in [1.807, 2.05) is 48.5 Å². The van der Waals surface area contributed by atoms with Gasteiger partial charge < -0.3 is 10.1 Å². The highest BCUT2D eigenvalue weighted by Gasteiger charge is 2.21. The van der Waals surface area contributed by atoms with Crippen molar-refractivity contribution in [3.05, 3.63) is 64.1 Å². The van der Waals surface area contributed by atoms with Crippen LogP contribution in [0.3, 0.4) is 0 Å². The van der Waals surface area contributed by atoms with Crippen LogP contribution in [0, 0.1) is 0 Å². The standard InChI is InChI=1S/C19H22BrNO2/c1-19(2,15-8-10-16(23-3)11-9-15)13-21-18(22)12-14-6-4-5-7-17(14)20/h4-11H,12-13H2,1-3H3,(H,21,22). The summed E-state index contributed by atoms with van der Waals surface area (Å²) in [5, 5.41) is 3.03. The number of benzene rings is 2. The summed E-state index contributed by atoms with van der Waals surface area (Å²) in [4.78, 5) is 12.2. The zero-order chi connectivity index (χ0) is 16.9. The monoisotopic (exact) mass is 375 g/mol. The topological polar surface area (TPSA) is 38.3 Å². The molecular formula is C19H22BrNO2. The van der Waals surface area contributed by atoms with Crippen molar-refractivity contribution < 1.29 is 9.53 Å². The maximum Gasteiger partial charge on any atom is 0.224 e. The Morgan fingerprint density at radius 3 is 2.39 bits per heavy atom. The van der Waals surface area contributed by atoms with Crippen LogP contribution in [0.4, 0.5) is 0 Å². The van der Waals surface area contributed by atoms with Crippen LogP contribution in [-0.4, -0.2) is 19.6 Å². The second-order valence-corrected chi connectivity index (χ2v) is 7.01. The third-order valence-corrected chi connectivity index (χ3v) is 4.68. The van der Waals surface area contributed by atoms with Crippen molar-refractivity contribution in [2.75, 3.05) is 13.7 Å². The van der Waals surface area contributed by atoms with Gasteiger partial charge in [0.1, 0.15) is 5.75 Å². The van der Waals surface area contributed by atoms with Crippen molar-refractivity contribution in [3.63, 3.8) is 0 Å². The molecule has 4 heteroatoms. The van der Waals surface area contributed by atoms with Crippen LogP contribution in [0.25, 0.3) is 0 Å². The summed E-state index contributed by atoms with van der Waals surface area (Å²) in [6.07, 6.45) is 0.375. The van der Waals surface area contributed by atoms with Gasteiger partial charge in [-0.2, -0.15) is 0 Å². The Morgan fingerprint density at radius 1 is 1.13 bits per heavy atom. The number of rotatable bonds is 6. The Kier molecular flexibility index (Phi) is 5.83. The van der Waals surface area contributed by atoms with E-state index in [-0.39, 0.29) is 11.3 Å². The van der Waals surface area contributed by atoms with Crippen LogP contribution in [0.5, 0.6) is 5.75 Å². The largest absolute Gasteiger partial charge is 0.497 e. The summed E-state index contributed by atoms with van der Waals surface area (Å²) < 4.78 is 6.15. The third-order valence-electron chi connectivity index (χ3n) is 3.91. The van der Waals surface area contributed by atoms with Gasteiger partial charge in [-0.1, -0.05) is 60.1 Å². The van der Waals surface area contributed by atoms with E-state index in [1.165, 1.54) is 5.56 Å². The number of ether oxygens (including phenoxy) is 1. The van der Waals surface area contributed by atoms with Gasteiger partial charge in [-0.15, -0.1) is 0 Å². The van der Waals surface area contributed by atoms with Gasteiger partial charge in [-0.05, 0) is 29.3 Å². The number of halogens is 1. The average molecular weight is 376 g/mol. The molecule has 1 N–H and O–H groups in total. The zero-order valence-electron chi connectivity index (χ0n) is 13.7. The normalized spacial score (nSPS) is 11.1. The Morgan fingerprint density at radius 2 is 1.78 bits per heavy atom. The molecule has 0 fully saturated rings. The molecule has 2 aromatic carbocycles. The lowest BCUT2D eigenvalue weighted by Crippen LogP contribution is -2.37. The number of nitrogens with one attached hydrogen (secondary N) is 1. The van der Waals surface area contributed by atoms with Gasteiger partial charge in [0.15, 0.2) is 0 Å². The molecule has 0 saturated carbocycles. The fourth-order valence-corrected chi connectivity index (χ4v) is 2.77. The molecule has 3 nitrogen and oxygen atoms in total. The van der Waals surface area contributed by atoms with Gasteiger partial charge in [-0.25, -0.2) is 0 Å². The summed E-state index contributed by atoms with van der Waals surface area (Å²) in [6, 6.07) is 15.8. The summed E-state index contributed by atoms with van der Waals surface area (Å²) in [7, 11) is 1.65. The zero-order valence-corrected chi connectivity index (χ0v) is 15.3. The molecule has 0 aliphatic rings. The summed E-state index contributed by atoms with van der Waals surface area (Å²) in [5.74, 6) is 0.862. The van der Waals surface area contributed by atoms with Gasteiger partial charge in [0.05, 0.1) is 13.5 Å². The van der Waals surface area contributed by atoms with E-state index in [1.54, 1.807) is 7.11 Å². The maximum absolute atomic E-state index is 12.2. The number of carbonyl (C=O) groups excluding carboxylic acids is 1. The van der Waals surface area contributed by atoms with Crippen LogP contribution in [0.15, 0.2) is 53.0 Å². The van der Waals surface area contributed by atoms with Crippen molar-refractivity contribution in [2.24, 2.45) is 0 Å². The number of hydrogen-bond acceptors (Lipinski definition) is 2. The molecule has 1 amide bonds. The molecular weight excluding hydrogens is 354 g/mol. The highest BCUT2D eigenvalue weighted by molar-refractivity contribution is 9.10. The molecule has 0 unspecified atom stereocenters. The molecule has 2 rings (SSSR count). The van der Waals surface area contributed by atoms with E-state index in [0.717, 1.165) is 15.8 Å². The van der Waals surface area contributed by atoms with Crippen molar-refractivity contribution in [1.82, 2.24) is 5.32 Å². The molecule has 0 aliphatic carbocycles. The first-order chi connectivity index (χ1) is 10.9. The van der Waals surface area contributed by atoms with E-state index in [9.17, 15) is 4.79 Å². The van der Waals surface area contributed by atoms with Gasteiger partial charge in [0.2, 0.25) is 5.91 Å². The fraction of sp³-hybridized carbons (Fsp3) is 0.316. The lowest BCUT2D eigenvalue weighted by Gasteiger charge is -2.26. The first-order valence-electron chi connectivity index (χ1n) is 7.57. The maximum atomic E-state index is 12.2. The molecule has 0 aliphatic heterocycles. The van der Waals surface area contributed by atoms with Crippen LogP contribution in [0.2, 0.25) is 0 Å². The smallest absolute Gasteiger partial charge is 0.224 e. The van der Waals surface area contributed by atoms with Gasteiger partial charge in [0, 0.05) is 16.4 Å². The molecule has 0 atom stereocenters. The summed E-state index contributed by atoms with van der Waals surface area (Å²) >= 11 is 3.47. The Bertz CT molecular complexity index is 665. The molecule has 0 bridgehead atoms. The van der Waals surface area contributed by atoms with Gasteiger partial charge in [-0.3, -0.25) is 4.79 Å². The Labute approximate surface area is 146 Å². The van der Waals surface area contributed by atoms with Crippen LogP contribution in [0.1, 0.15) is 25.0 Å². The minimum atomic E-state index is -0.143. The van der Waals surface area contributed by atoms with E-state index in [4.69, 9.17) is 4.74 Å². The van der Waals surface area contributed by atoms with E-state index >= 15 is 0 Å². The van der Waals surface area contributed by atoms with Crippen molar-refractivity contribution in [3.8, 4) is 5.75 Å². The highest BCUT2D eigenvalue weighted by atomic mass is 79.9. The SMILES string of the molecule is COc1ccc(C(C)(C)CNC(=O)Cc2ccccc2Br)cc1. The fourth-order valence-electron chi connectivity index (χ4n) is 2.34. The number of methoxy groups -OCH3 is 1. The minimum Gasteiger partial charge on any atom is -0.497 e. The van der Waals surface area contributed by atoms with E-state index in [2.05, 4.69) is 35.1 Å². The predicted octanol–water partition coefficient (Wildman–Crippen LogP) is 4.09. The molecule has 0 spiro atoms. The first kappa shape index (κ1) is 17.5. The summed E-state index contributed by atoms with van der Waals surface area (Å²) in [5.41, 5.74) is 2.02. The lowest BCUT2D eigenvalue weighted by atomic mass is 9.84. The average Bonchev–Trinajstić information content (AvgIpc) is 2.55. The second kappa shape index (κ2) is 7.64. The Balaban J connectivity index is 1.95. The van der Waals surface area contributed by atoms with Gasteiger partial charge in [0.25, 0.3) is 0 Å². The Hall–Kier alpha value is -1.81. The van der Waals surface area contributed by atoms with Gasteiger partial charge >= 0.3 is 0 Å². The van der Waals surface area contributed by atoms with E-state index < -0.39 is 0 Å². The van der Waals surface area contributed by atoms with Crippen molar-refractivity contribution in [1.29, 1.82) is 0 Å². The van der Waals surface area contributed by atoms with Crippen molar-refractivity contribution >= 4 is 21.8 Å². The molecule has 2 aromatic rings. The number of carbonyl (C=O) groups is 1. The number of amides is 1. The predicted molar refractivity (Wildman–Crippen MR) is 96.9 cm³/mol. The lowest BCUT2D eigenvalue weighted by molar-refractivity contribution is -0.120. The van der Waals surface area contributed by atoms with Crippen LogP contribution in [-0.2, 0) is 16.6 Å². The molecule has 122 valence electrons. The third kappa shape index (κ3) is 4.83. The molecule has 0 radical (unpaired) electrons.